The topological polar surface area (TPSA) is 67.6 Å². The van der Waals surface area contributed by atoms with E-state index in [-0.39, 0.29) is 5.91 Å². The highest BCUT2D eigenvalue weighted by atomic mass is 32.2. The van der Waals surface area contributed by atoms with Gasteiger partial charge in [0, 0.05) is 43.2 Å². The van der Waals surface area contributed by atoms with Crippen LogP contribution < -0.4 is 15.8 Å². The van der Waals surface area contributed by atoms with Crippen LogP contribution in [0, 0.1) is 0 Å². The van der Waals surface area contributed by atoms with Crippen molar-refractivity contribution in [3.8, 4) is 5.75 Å². The standard InChI is InChI=1S/C14H21N3O2S/c1-19-13-3-2-11(15)10-12(13)16-14(18)4-5-17-6-8-20-9-7-17/h2-3,10H,4-9,15H2,1H3,(H,16,18). The number of carbonyl (C=O) groups excluding carboxylic acids is 1. The Morgan fingerprint density at radius 3 is 2.90 bits per heavy atom. The average Bonchev–Trinajstić information content (AvgIpc) is 2.46. The minimum atomic E-state index is -0.00729. The Kier molecular flexibility index (Phi) is 5.55. The maximum atomic E-state index is 12.0. The second kappa shape index (κ2) is 7.40. The maximum Gasteiger partial charge on any atom is 0.225 e. The number of methoxy groups -OCH3 is 1. The van der Waals surface area contributed by atoms with E-state index in [1.54, 1.807) is 25.3 Å². The molecule has 0 saturated carbocycles. The Bertz CT molecular complexity index is 462. The van der Waals surface area contributed by atoms with Crippen LogP contribution in [-0.2, 0) is 4.79 Å². The van der Waals surface area contributed by atoms with E-state index in [0.717, 1.165) is 31.1 Å². The number of hydrogen-bond donors (Lipinski definition) is 2. The summed E-state index contributed by atoms with van der Waals surface area (Å²) in [6, 6.07) is 5.22. The van der Waals surface area contributed by atoms with Gasteiger partial charge in [-0.15, -0.1) is 0 Å². The minimum absolute atomic E-state index is 0.00729. The monoisotopic (exact) mass is 295 g/mol. The molecule has 1 amide bonds. The van der Waals surface area contributed by atoms with Crippen molar-refractivity contribution in [2.45, 2.75) is 6.42 Å². The van der Waals surface area contributed by atoms with Crippen LogP contribution in [0.3, 0.4) is 0 Å². The Labute approximate surface area is 123 Å². The van der Waals surface area contributed by atoms with Gasteiger partial charge in [0.05, 0.1) is 12.8 Å². The molecule has 2 rings (SSSR count). The lowest BCUT2D eigenvalue weighted by molar-refractivity contribution is -0.116. The van der Waals surface area contributed by atoms with Crippen molar-refractivity contribution in [3.05, 3.63) is 18.2 Å². The number of amides is 1. The first-order valence-corrected chi connectivity index (χ1v) is 7.88. The third kappa shape index (κ3) is 4.31. The molecule has 0 aliphatic carbocycles. The van der Waals surface area contributed by atoms with Crippen molar-refractivity contribution in [2.24, 2.45) is 0 Å². The zero-order chi connectivity index (χ0) is 14.4. The number of thioether (sulfide) groups is 1. The summed E-state index contributed by atoms with van der Waals surface area (Å²) in [5, 5.41) is 2.87. The van der Waals surface area contributed by atoms with Crippen molar-refractivity contribution in [1.82, 2.24) is 4.90 Å². The molecule has 110 valence electrons. The van der Waals surface area contributed by atoms with Gasteiger partial charge in [-0.05, 0) is 18.2 Å². The SMILES string of the molecule is COc1ccc(N)cc1NC(=O)CCN1CCSCC1. The van der Waals surface area contributed by atoms with E-state index in [0.29, 0.717) is 23.5 Å². The summed E-state index contributed by atoms with van der Waals surface area (Å²) in [5.74, 6) is 2.93. The molecule has 20 heavy (non-hydrogen) atoms. The van der Waals surface area contributed by atoms with Gasteiger partial charge in [0.1, 0.15) is 5.75 Å². The predicted molar refractivity (Wildman–Crippen MR) is 84.4 cm³/mol. The molecule has 0 spiro atoms. The molecule has 1 heterocycles. The number of carbonyl (C=O) groups is 1. The molecule has 1 aliphatic heterocycles. The van der Waals surface area contributed by atoms with E-state index in [9.17, 15) is 4.79 Å². The Morgan fingerprint density at radius 2 is 2.20 bits per heavy atom. The van der Waals surface area contributed by atoms with E-state index in [4.69, 9.17) is 10.5 Å². The summed E-state index contributed by atoms with van der Waals surface area (Å²) in [7, 11) is 1.58. The van der Waals surface area contributed by atoms with Gasteiger partial charge in [-0.2, -0.15) is 11.8 Å². The van der Waals surface area contributed by atoms with Crippen molar-refractivity contribution >= 4 is 29.0 Å². The number of anilines is 2. The van der Waals surface area contributed by atoms with Gasteiger partial charge in [0.25, 0.3) is 0 Å². The lowest BCUT2D eigenvalue weighted by atomic mass is 10.2. The number of rotatable bonds is 5. The smallest absolute Gasteiger partial charge is 0.225 e. The normalized spacial score (nSPS) is 15.8. The quantitative estimate of drug-likeness (QED) is 0.809. The van der Waals surface area contributed by atoms with Crippen LogP contribution in [0.15, 0.2) is 18.2 Å². The average molecular weight is 295 g/mol. The van der Waals surface area contributed by atoms with Gasteiger partial charge in [-0.3, -0.25) is 4.79 Å². The molecule has 0 unspecified atom stereocenters. The highest BCUT2D eigenvalue weighted by Gasteiger charge is 2.13. The van der Waals surface area contributed by atoms with Crippen LogP contribution >= 0.6 is 11.8 Å². The number of nitrogen functional groups attached to an aromatic ring is 1. The molecule has 1 fully saturated rings. The Balaban J connectivity index is 1.86. The molecule has 0 atom stereocenters. The molecule has 1 aromatic carbocycles. The van der Waals surface area contributed by atoms with E-state index in [1.807, 2.05) is 11.8 Å². The van der Waals surface area contributed by atoms with Gasteiger partial charge in [-0.25, -0.2) is 0 Å². The minimum Gasteiger partial charge on any atom is -0.495 e. The summed E-state index contributed by atoms with van der Waals surface area (Å²) in [6.45, 7) is 2.94. The molecule has 0 bridgehead atoms. The summed E-state index contributed by atoms with van der Waals surface area (Å²) < 4.78 is 5.21. The lowest BCUT2D eigenvalue weighted by Crippen LogP contribution is -2.34. The van der Waals surface area contributed by atoms with E-state index >= 15 is 0 Å². The molecule has 0 aromatic heterocycles. The third-order valence-corrected chi connectivity index (χ3v) is 4.20. The molecule has 1 saturated heterocycles. The molecule has 1 aromatic rings. The van der Waals surface area contributed by atoms with Crippen molar-refractivity contribution in [1.29, 1.82) is 0 Å². The van der Waals surface area contributed by atoms with E-state index in [1.165, 1.54) is 0 Å². The van der Waals surface area contributed by atoms with Gasteiger partial charge >= 0.3 is 0 Å². The third-order valence-electron chi connectivity index (χ3n) is 3.26. The fourth-order valence-corrected chi connectivity index (χ4v) is 3.10. The molecule has 3 N–H and O–H groups in total. The molecule has 5 nitrogen and oxygen atoms in total. The molecular formula is C14H21N3O2S. The van der Waals surface area contributed by atoms with Crippen molar-refractivity contribution in [3.63, 3.8) is 0 Å². The molecule has 1 aliphatic rings. The number of nitrogens with zero attached hydrogens (tertiary/aromatic N) is 1. The number of hydrogen-bond acceptors (Lipinski definition) is 5. The van der Waals surface area contributed by atoms with Crippen molar-refractivity contribution < 1.29 is 9.53 Å². The van der Waals surface area contributed by atoms with Crippen LogP contribution in [0.2, 0.25) is 0 Å². The first-order valence-electron chi connectivity index (χ1n) is 6.72. The maximum absolute atomic E-state index is 12.0. The Morgan fingerprint density at radius 1 is 1.45 bits per heavy atom. The van der Waals surface area contributed by atoms with E-state index in [2.05, 4.69) is 10.2 Å². The number of benzene rings is 1. The highest BCUT2D eigenvalue weighted by Crippen LogP contribution is 2.26. The first-order chi connectivity index (χ1) is 9.69. The molecule has 0 radical (unpaired) electrons. The second-order valence-electron chi connectivity index (χ2n) is 4.71. The number of nitrogens with two attached hydrogens (primary N) is 1. The number of ether oxygens (including phenoxy) is 1. The predicted octanol–water partition coefficient (Wildman–Crippen LogP) is 1.65. The first kappa shape index (κ1) is 15.0. The fraction of sp³-hybridized carbons (Fsp3) is 0.500. The van der Waals surface area contributed by atoms with Gasteiger partial charge in [-0.1, -0.05) is 0 Å². The van der Waals surface area contributed by atoms with Crippen LogP contribution in [0.1, 0.15) is 6.42 Å². The van der Waals surface area contributed by atoms with Crippen LogP contribution in [-0.4, -0.2) is 49.1 Å². The summed E-state index contributed by atoms with van der Waals surface area (Å²) in [6.07, 6.45) is 0.489. The molecular weight excluding hydrogens is 274 g/mol. The van der Waals surface area contributed by atoms with Gasteiger partial charge < -0.3 is 20.7 Å². The highest BCUT2D eigenvalue weighted by molar-refractivity contribution is 7.99. The van der Waals surface area contributed by atoms with Gasteiger partial charge in [0.15, 0.2) is 0 Å². The summed E-state index contributed by atoms with van der Waals surface area (Å²) in [4.78, 5) is 14.3. The van der Waals surface area contributed by atoms with Crippen LogP contribution in [0.25, 0.3) is 0 Å². The van der Waals surface area contributed by atoms with Crippen LogP contribution in [0.5, 0.6) is 5.75 Å². The molecule has 6 heteroatoms. The van der Waals surface area contributed by atoms with Gasteiger partial charge in [0.2, 0.25) is 5.91 Å². The summed E-state index contributed by atoms with van der Waals surface area (Å²) in [5.41, 5.74) is 6.97. The zero-order valence-corrected chi connectivity index (χ0v) is 12.5. The van der Waals surface area contributed by atoms with E-state index < -0.39 is 0 Å². The zero-order valence-electron chi connectivity index (χ0n) is 11.7. The Hall–Kier alpha value is -1.40. The lowest BCUT2D eigenvalue weighted by Gasteiger charge is -2.25. The summed E-state index contributed by atoms with van der Waals surface area (Å²) >= 11 is 1.97. The second-order valence-corrected chi connectivity index (χ2v) is 5.94. The largest absolute Gasteiger partial charge is 0.495 e. The number of nitrogens with one attached hydrogen (secondary N) is 1. The van der Waals surface area contributed by atoms with Crippen LogP contribution in [0.4, 0.5) is 11.4 Å². The fourth-order valence-electron chi connectivity index (χ4n) is 2.12. The van der Waals surface area contributed by atoms with Crippen molar-refractivity contribution in [2.75, 3.05) is 49.3 Å².